The lowest BCUT2D eigenvalue weighted by Crippen LogP contribution is -2.26. The maximum atomic E-state index is 5.85. The molecule has 0 unspecified atom stereocenters. The first-order valence-electron chi connectivity index (χ1n) is 6.61. The van der Waals surface area contributed by atoms with Gasteiger partial charge in [0.25, 0.3) is 0 Å². The molecule has 1 aliphatic heterocycles. The van der Waals surface area contributed by atoms with E-state index in [1.807, 2.05) is 25.1 Å². The molecule has 0 aliphatic carbocycles. The standard InChI is InChI=1S/C14H18N2O2/c1-2-17-11-3-4-13-12(9-11)16-14(18-13)10-5-7-15-8-6-10/h3-4,9-10,15H,2,5-8H2,1H3. The molecule has 2 aromatic rings. The predicted molar refractivity (Wildman–Crippen MR) is 70.0 cm³/mol. The molecule has 0 saturated carbocycles. The van der Waals surface area contributed by atoms with E-state index in [1.165, 1.54) is 0 Å². The van der Waals surface area contributed by atoms with Crippen LogP contribution in [0.2, 0.25) is 0 Å². The molecule has 0 amide bonds. The zero-order valence-electron chi connectivity index (χ0n) is 10.6. The van der Waals surface area contributed by atoms with Gasteiger partial charge in [0.15, 0.2) is 11.5 Å². The fraction of sp³-hybridized carbons (Fsp3) is 0.500. The van der Waals surface area contributed by atoms with Gasteiger partial charge in [0.05, 0.1) is 6.61 Å². The summed E-state index contributed by atoms with van der Waals surface area (Å²) in [4.78, 5) is 4.60. The number of benzene rings is 1. The van der Waals surface area contributed by atoms with Crippen LogP contribution in [0.5, 0.6) is 5.75 Å². The number of fused-ring (bicyclic) bond motifs is 1. The second-order valence-corrected chi connectivity index (χ2v) is 4.64. The van der Waals surface area contributed by atoms with Gasteiger partial charge in [0.1, 0.15) is 11.3 Å². The number of nitrogens with zero attached hydrogens (tertiary/aromatic N) is 1. The van der Waals surface area contributed by atoms with Gasteiger partial charge < -0.3 is 14.5 Å². The van der Waals surface area contributed by atoms with Gasteiger partial charge in [-0.3, -0.25) is 0 Å². The molecule has 2 heterocycles. The molecule has 1 saturated heterocycles. The largest absolute Gasteiger partial charge is 0.494 e. The van der Waals surface area contributed by atoms with Crippen LogP contribution in [0.25, 0.3) is 11.1 Å². The van der Waals surface area contributed by atoms with Gasteiger partial charge in [-0.15, -0.1) is 0 Å². The van der Waals surface area contributed by atoms with E-state index in [4.69, 9.17) is 9.15 Å². The lowest BCUT2D eigenvalue weighted by molar-refractivity contribution is 0.340. The minimum absolute atomic E-state index is 0.453. The van der Waals surface area contributed by atoms with E-state index in [9.17, 15) is 0 Å². The average molecular weight is 246 g/mol. The summed E-state index contributed by atoms with van der Waals surface area (Å²) in [6.07, 6.45) is 2.20. The Morgan fingerprint density at radius 2 is 2.22 bits per heavy atom. The Morgan fingerprint density at radius 3 is 3.00 bits per heavy atom. The summed E-state index contributed by atoms with van der Waals surface area (Å²) in [5.41, 5.74) is 1.75. The maximum Gasteiger partial charge on any atom is 0.198 e. The van der Waals surface area contributed by atoms with E-state index in [2.05, 4.69) is 10.3 Å². The third-order valence-corrected chi connectivity index (χ3v) is 3.37. The highest BCUT2D eigenvalue weighted by molar-refractivity contribution is 5.74. The highest BCUT2D eigenvalue weighted by atomic mass is 16.5. The summed E-state index contributed by atoms with van der Waals surface area (Å²) < 4.78 is 11.3. The first-order chi connectivity index (χ1) is 8.86. The Balaban J connectivity index is 1.89. The van der Waals surface area contributed by atoms with Crippen LogP contribution < -0.4 is 10.1 Å². The molecule has 1 fully saturated rings. The molecule has 1 N–H and O–H groups in total. The van der Waals surface area contributed by atoms with E-state index in [0.717, 1.165) is 48.7 Å². The fourth-order valence-corrected chi connectivity index (χ4v) is 2.43. The molecular formula is C14H18N2O2. The van der Waals surface area contributed by atoms with Crippen molar-refractivity contribution >= 4 is 11.1 Å². The summed E-state index contributed by atoms with van der Waals surface area (Å²) in [5.74, 6) is 2.18. The Kier molecular flexibility index (Phi) is 3.19. The second kappa shape index (κ2) is 4.98. The molecule has 1 aliphatic rings. The predicted octanol–water partition coefficient (Wildman–Crippen LogP) is 2.69. The van der Waals surface area contributed by atoms with Gasteiger partial charge >= 0.3 is 0 Å². The van der Waals surface area contributed by atoms with Gasteiger partial charge in [-0.2, -0.15) is 0 Å². The molecule has 1 aromatic carbocycles. The molecule has 0 bridgehead atoms. The zero-order valence-corrected chi connectivity index (χ0v) is 10.6. The number of hydrogen-bond donors (Lipinski definition) is 1. The van der Waals surface area contributed by atoms with Crippen molar-refractivity contribution in [3.63, 3.8) is 0 Å². The number of aromatic nitrogens is 1. The van der Waals surface area contributed by atoms with Crippen LogP contribution in [0.3, 0.4) is 0 Å². The molecule has 18 heavy (non-hydrogen) atoms. The number of ether oxygens (including phenoxy) is 1. The lowest BCUT2D eigenvalue weighted by atomic mass is 9.98. The molecule has 3 rings (SSSR count). The Bertz CT molecular complexity index is 530. The van der Waals surface area contributed by atoms with Crippen LogP contribution in [-0.4, -0.2) is 24.7 Å². The number of hydrogen-bond acceptors (Lipinski definition) is 4. The van der Waals surface area contributed by atoms with Crippen LogP contribution in [0, 0.1) is 0 Å². The molecule has 0 radical (unpaired) electrons. The Hall–Kier alpha value is -1.55. The molecule has 1 aromatic heterocycles. The monoisotopic (exact) mass is 246 g/mol. The molecule has 0 spiro atoms. The topological polar surface area (TPSA) is 47.3 Å². The number of nitrogens with one attached hydrogen (secondary N) is 1. The second-order valence-electron chi connectivity index (χ2n) is 4.64. The SMILES string of the molecule is CCOc1ccc2oc(C3CCNCC3)nc2c1. The van der Waals surface area contributed by atoms with Gasteiger partial charge in [0.2, 0.25) is 0 Å². The van der Waals surface area contributed by atoms with Gasteiger partial charge in [-0.1, -0.05) is 0 Å². The van der Waals surface area contributed by atoms with Crippen LogP contribution in [-0.2, 0) is 0 Å². The number of piperidine rings is 1. The smallest absolute Gasteiger partial charge is 0.198 e. The normalized spacial score (nSPS) is 17.2. The Labute approximate surface area is 106 Å². The third kappa shape index (κ3) is 2.20. The first-order valence-corrected chi connectivity index (χ1v) is 6.61. The van der Waals surface area contributed by atoms with Crippen LogP contribution in [0.15, 0.2) is 22.6 Å². The molecule has 4 heteroatoms. The minimum atomic E-state index is 0.453. The summed E-state index contributed by atoms with van der Waals surface area (Å²) in [5, 5.41) is 3.35. The summed E-state index contributed by atoms with van der Waals surface area (Å²) >= 11 is 0. The van der Waals surface area contributed by atoms with Crippen molar-refractivity contribution < 1.29 is 9.15 Å². The number of oxazole rings is 1. The molecular weight excluding hydrogens is 228 g/mol. The quantitative estimate of drug-likeness (QED) is 0.904. The minimum Gasteiger partial charge on any atom is -0.494 e. The highest BCUT2D eigenvalue weighted by Crippen LogP contribution is 2.29. The van der Waals surface area contributed by atoms with Crippen LogP contribution in [0.4, 0.5) is 0 Å². The van der Waals surface area contributed by atoms with E-state index in [-0.39, 0.29) is 0 Å². The van der Waals surface area contributed by atoms with E-state index in [0.29, 0.717) is 12.5 Å². The Morgan fingerprint density at radius 1 is 1.39 bits per heavy atom. The first kappa shape index (κ1) is 11.5. The van der Waals surface area contributed by atoms with Crippen LogP contribution in [0.1, 0.15) is 31.6 Å². The summed E-state index contributed by atoms with van der Waals surface area (Å²) in [6.45, 7) is 4.75. The van der Waals surface area contributed by atoms with Gasteiger partial charge in [-0.25, -0.2) is 4.98 Å². The summed E-state index contributed by atoms with van der Waals surface area (Å²) in [7, 11) is 0. The number of rotatable bonds is 3. The zero-order chi connectivity index (χ0) is 12.4. The highest BCUT2D eigenvalue weighted by Gasteiger charge is 2.20. The van der Waals surface area contributed by atoms with Crippen molar-refractivity contribution in [1.29, 1.82) is 0 Å². The van der Waals surface area contributed by atoms with Gasteiger partial charge in [-0.05, 0) is 45.0 Å². The van der Waals surface area contributed by atoms with E-state index >= 15 is 0 Å². The molecule has 4 nitrogen and oxygen atoms in total. The molecule has 0 atom stereocenters. The van der Waals surface area contributed by atoms with Crippen molar-refractivity contribution in [3.8, 4) is 5.75 Å². The average Bonchev–Trinajstić information content (AvgIpc) is 2.83. The van der Waals surface area contributed by atoms with Crippen molar-refractivity contribution in [3.05, 3.63) is 24.1 Å². The van der Waals surface area contributed by atoms with E-state index in [1.54, 1.807) is 0 Å². The fourth-order valence-electron chi connectivity index (χ4n) is 2.43. The van der Waals surface area contributed by atoms with Crippen molar-refractivity contribution in [2.45, 2.75) is 25.7 Å². The van der Waals surface area contributed by atoms with Crippen LogP contribution >= 0.6 is 0 Å². The van der Waals surface area contributed by atoms with E-state index < -0.39 is 0 Å². The lowest BCUT2D eigenvalue weighted by Gasteiger charge is -2.19. The third-order valence-electron chi connectivity index (χ3n) is 3.37. The summed E-state index contributed by atoms with van der Waals surface area (Å²) in [6, 6.07) is 5.83. The maximum absolute atomic E-state index is 5.85. The van der Waals surface area contributed by atoms with Crippen molar-refractivity contribution in [1.82, 2.24) is 10.3 Å². The molecule has 96 valence electrons. The van der Waals surface area contributed by atoms with Crippen molar-refractivity contribution in [2.75, 3.05) is 19.7 Å². The van der Waals surface area contributed by atoms with Gasteiger partial charge in [0, 0.05) is 12.0 Å². The van der Waals surface area contributed by atoms with Crippen molar-refractivity contribution in [2.24, 2.45) is 0 Å².